The molecule has 2 heterocycles. The molecule has 0 fully saturated rings. The molecule has 5 nitrogen and oxygen atoms in total. The van der Waals surface area contributed by atoms with Gasteiger partial charge in [-0.2, -0.15) is 5.10 Å². The quantitative estimate of drug-likeness (QED) is 0.879. The highest BCUT2D eigenvalue weighted by atomic mass is 79.9. The maximum absolute atomic E-state index is 4.63. The van der Waals surface area contributed by atoms with Crippen LogP contribution in [0.4, 0.5) is 0 Å². The van der Waals surface area contributed by atoms with Gasteiger partial charge in [0.05, 0.1) is 21.9 Å². The summed E-state index contributed by atoms with van der Waals surface area (Å²) in [6.07, 6.45) is 5.28. The van der Waals surface area contributed by atoms with Gasteiger partial charge in [-0.15, -0.1) is 0 Å². The Morgan fingerprint density at radius 2 is 2.00 bits per heavy atom. The van der Waals surface area contributed by atoms with Crippen LogP contribution >= 0.6 is 15.9 Å². The molecule has 108 valence electrons. The van der Waals surface area contributed by atoms with Gasteiger partial charge < -0.3 is 5.32 Å². The lowest BCUT2D eigenvalue weighted by Crippen LogP contribution is -2.22. The molecule has 0 bridgehead atoms. The summed E-state index contributed by atoms with van der Waals surface area (Å²) < 4.78 is 3.16. The van der Waals surface area contributed by atoms with Crippen LogP contribution in [0.5, 0.6) is 0 Å². The number of nitrogens with one attached hydrogen (secondary N) is 1. The predicted molar refractivity (Wildman–Crippen MR) is 82.5 cm³/mol. The normalized spacial score (nSPS) is 12.6. The maximum atomic E-state index is 4.63. The standard InChI is InChI=1S/C14H20BrN5/c1-4-10-13(15)12(20(5-2)19-10)9-11(16-3)14-17-7-6-8-18-14/h6-8,11,16H,4-5,9H2,1-3H3. The van der Waals surface area contributed by atoms with Crippen LogP contribution in [0.15, 0.2) is 22.9 Å². The third-order valence-corrected chi connectivity index (χ3v) is 4.25. The van der Waals surface area contributed by atoms with Gasteiger partial charge >= 0.3 is 0 Å². The lowest BCUT2D eigenvalue weighted by molar-refractivity contribution is 0.518. The molecular weight excluding hydrogens is 318 g/mol. The fraction of sp³-hybridized carbons (Fsp3) is 0.500. The van der Waals surface area contributed by atoms with Gasteiger partial charge in [0.15, 0.2) is 0 Å². The molecule has 6 heteroatoms. The molecule has 1 atom stereocenters. The molecule has 0 aromatic carbocycles. The van der Waals surface area contributed by atoms with Crippen molar-refractivity contribution in [1.82, 2.24) is 25.1 Å². The van der Waals surface area contributed by atoms with Crippen LogP contribution < -0.4 is 5.32 Å². The first-order chi connectivity index (χ1) is 9.71. The summed E-state index contributed by atoms with van der Waals surface area (Å²) in [5.74, 6) is 0.809. The molecule has 0 radical (unpaired) electrons. The first kappa shape index (κ1) is 15.1. The summed E-state index contributed by atoms with van der Waals surface area (Å²) in [5.41, 5.74) is 2.29. The van der Waals surface area contributed by atoms with Crippen LogP contribution in [0.25, 0.3) is 0 Å². The van der Waals surface area contributed by atoms with Crippen molar-refractivity contribution in [2.75, 3.05) is 7.05 Å². The second-order valence-corrected chi connectivity index (χ2v) is 5.32. The minimum Gasteiger partial charge on any atom is -0.310 e. The number of halogens is 1. The van der Waals surface area contributed by atoms with Gasteiger partial charge in [-0.25, -0.2) is 9.97 Å². The summed E-state index contributed by atoms with van der Waals surface area (Å²) in [5, 5.41) is 7.91. The van der Waals surface area contributed by atoms with Gasteiger partial charge in [0.25, 0.3) is 0 Å². The number of hydrogen-bond donors (Lipinski definition) is 1. The van der Waals surface area contributed by atoms with E-state index in [0.29, 0.717) is 0 Å². The van der Waals surface area contributed by atoms with E-state index in [2.05, 4.69) is 54.8 Å². The second-order valence-electron chi connectivity index (χ2n) is 4.53. The van der Waals surface area contributed by atoms with E-state index in [1.54, 1.807) is 12.4 Å². The van der Waals surface area contributed by atoms with E-state index in [1.165, 1.54) is 5.69 Å². The van der Waals surface area contributed by atoms with Crippen molar-refractivity contribution >= 4 is 15.9 Å². The highest BCUT2D eigenvalue weighted by Crippen LogP contribution is 2.26. The first-order valence-corrected chi connectivity index (χ1v) is 7.68. The number of aryl methyl sites for hydroxylation is 2. The van der Waals surface area contributed by atoms with E-state index >= 15 is 0 Å². The van der Waals surface area contributed by atoms with E-state index in [9.17, 15) is 0 Å². The Balaban J connectivity index is 2.30. The SMILES string of the molecule is CCc1nn(CC)c(CC(NC)c2ncccn2)c1Br. The summed E-state index contributed by atoms with van der Waals surface area (Å²) >= 11 is 3.68. The van der Waals surface area contributed by atoms with Crippen molar-refractivity contribution in [2.24, 2.45) is 0 Å². The van der Waals surface area contributed by atoms with E-state index in [-0.39, 0.29) is 6.04 Å². The zero-order valence-corrected chi connectivity index (χ0v) is 13.7. The zero-order valence-electron chi connectivity index (χ0n) is 12.1. The van der Waals surface area contributed by atoms with Crippen LogP contribution in [0.1, 0.15) is 37.1 Å². The molecule has 0 aliphatic rings. The van der Waals surface area contributed by atoms with Crippen LogP contribution in [0.2, 0.25) is 0 Å². The third-order valence-electron chi connectivity index (χ3n) is 3.34. The highest BCUT2D eigenvalue weighted by molar-refractivity contribution is 9.10. The fourth-order valence-corrected chi connectivity index (χ4v) is 2.94. The zero-order chi connectivity index (χ0) is 14.5. The Bertz CT molecular complexity index is 552. The first-order valence-electron chi connectivity index (χ1n) is 6.89. The maximum Gasteiger partial charge on any atom is 0.145 e. The van der Waals surface area contributed by atoms with Crippen molar-refractivity contribution < 1.29 is 0 Å². The lowest BCUT2D eigenvalue weighted by atomic mass is 10.1. The molecule has 0 aliphatic carbocycles. The largest absolute Gasteiger partial charge is 0.310 e. The number of nitrogens with zero attached hydrogens (tertiary/aromatic N) is 4. The Morgan fingerprint density at radius 1 is 1.30 bits per heavy atom. The molecule has 20 heavy (non-hydrogen) atoms. The topological polar surface area (TPSA) is 55.6 Å². The lowest BCUT2D eigenvalue weighted by Gasteiger charge is -2.15. The molecule has 0 saturated carbocycles. The molecule has 2 aromatic rings. The number of aromatic nitrogens is 4. The van der Waals surface area contributed by atoms with Gasteiger partial charge in [-0.05, 0) is 42.4 Å². The van der Waals surface area contributed by atoms with Gasteiger partial charge in [0.2, 0.25) is 0 Å². The van der Waals surface area contributed by atoms with Crippen LogP contribution in [0.3, 0.4) is 0 Å². The summed E-state index contributed by atoms with van der Waals surface area (Å²) in [4.78, 5) is 8.68. The van der Waals surface area contributed by atoms with Crippen molar-refractivity contribution in [3.05, 3.63) is 40.1 Å². The third kappa shape index (κ3) is 3.07. The molecule has 2 aromatic heterocycles. The molecule has 0 spiro atoms. The minimum atomic E-state index is 0.0826. The molecular formula is C14H20BrN5. The van der Waals surface area contributed by atoms with E-state index < -0.39 is 0 Å². The Labute approximate surface area is 128 Å². The Hall–Kier alpha value is -1.27. The van der Waals surface area contributed by atoms with E-state index in [1.807, 2.05) is 13.1 Å². The van der Waals surface area contributed by atoms with Crippen molar-refractivity contribution in [3.8, 4) is 0 Å². The van der Waals surface area contributed by atoms with Crippen LogP contribution in [-0.2, 0) is 19.4 Å². The molecule has 0 saturated heterocycles. The average Bonchev–Trinajstić information content (AvgIpc) is 2.81. The Kier molecular flexibility index (Phi) is 5.25. The number of rotatable bonds is 6. The van der Waals surface area contributed by atoms with E-state index in [4.69, 9.17) is 0 Å². The number of hydrogen-bond acceptors (Lipinski definition) is 4. The monoisotopic (exact) mass is 337 g/mol. The van der Waals surface area contributed by atoms with Crippen molar-refractivity contribution in [2.45, 2.75) is 39.3 Å². The highest BCUT2D eigenvalue weighted by Gasteiger charge is 2.20. The van der Waals surface area contributed by atoms with Gasteiger partial charge in [-0.3, -0.25) is 4.68 Å². The van der Waals surface area contributed by atoms with E-state index in [0.717, 1.165) is 35.4 Å². The van der Waals surface area contributed by atoms with Crippen molar-refractivity contribution in [3.63, 3.8) is 0 Å². The van der Waals surface area contributed by atoms with Crippen molar-refractivity contribution in [1.29, 1.82) is 0 Å². The average molecular weight is 338 g/mol. The fourth-order valence-electron chi connectivity index (χ4n) is 2.22. The summed E-state index contributed by atoms with van der Waals surface area (Å²) in [6, 6.07) is 1.91. The Morgan fingerprint density at radius 3 is 2.55 bits per heavy atom. The predicted octanol–water partition coefficient (Wildman–Crippen LogP) is 2.52. The molecule has 2 rings (SSSR count). The molecule has 1 N–H and O–H groups in total. The van der Waals surface area contributed by atoms with Crippen LogP contribution in [-0.4, -0.2) is 26.8 Å². The summed E-state index contributed by atoms with van der Waals surface area (Å²) in [7, 11) is 1.93. The number of likely N-dealkylation sites (N-methyl/N-ethyl adjacent to an activating group) is 1. The summed E-state index contributed by atoms with van der Waals surface area (Å²) in [6.45, 7) is 5.09. The molecule has 0 aliphatic heterocycles. The van der Waals surface area contributed by atoms with Gasteiger partial charge in [0, 0.05) is 25.4 Å². The minimum absolute atomic E-state index is 0.0826. The van der Waals surface area contributed by atoms with Gasteiger partial charge in [0.1, 0.15) is 5.82 Å². The smallest absolute Gasteiger partial charge is 0.145 e. The second kappa shape index (κ2) is 6.95. The van der Waals surface area contributed by atoms with Crippen LogP contribution in [0, 0.1) is 0 Å². The molecule has 1 unspecified atom stereocenters. The molecule has 0 amide bonds. The van der Waals surface area contributed by atoms with Gasteiger partial charge in [-0.1, -0.05) is 6.92 Å².